The van der Waals surface area contributed by atoms with E-state index in [-0.39, 0.29) is 5.91 Å². The molecule has 6 heteroatoms. The van der Waals surface area contributed by atoms with Crippen molar-refractivity contribution in [3.63, 3.8) is 0 Å². The van der Waals surface area contributed by atoms with Crippen molar-refractivity contribution in [1.82, 2.24) is 4.90 Å². The first-order valence-electron chi connectivity index (χ1n) is 5.50. The van der Waals surface area contributed by atoms with Crippen LogP contribution in [0, 0.1) is 0 Å². The minimum atomic E-state index is -0.546. The van der Waals surface area contributed by atoms with Crippen LogP contribution >= 0.6 is 22.9 Å². The average Bonchev–Trinajstić information content (AvgIpc) is 3.02. The van der Waals surface area contributed by atoms with Crippen LogP contribution < -0.4 is 0 Å². The maximum Gasteiger partial charge on any atom is 0.254 e. The highest BCUT2D eigenvalue weighted by Crippen LogP contribution is 2.32. The Labute approximate surface area is 108 Å². The predicted molar refractivity (Wildman–Crippen MR) is 64.5 cm³/mol. The van der Waals surface area contributed by atoms with Crippen molar-refractivity contribution >= 4 is 28.8 Å². The van der Waals surface area contributed by atoms with Crippen LogP contribution in [0.25, 0.3) is 0 Å². The number of thiophene rings is 1. The van der Waals surface area contributed by atoms with Crippen molar-refractivity contribution in [1.29, 1.82) is 0 Å². The van der Waals surface area contributed by atoms with Gasteiger partial charge in [0.05, 0.1) is 29.7 Å². The third-order valence-corrected chi connectivity index (χ3v) is 4.20. The predicted octanol–water partition coefficient (Wildman–Crippen LogP) is 1.99. The lowest BCUT2D eigenvalue weighted by Crippen LogP contribution is -2.36. The van der Waals surface area contributed by atoms with Gasteiger partial charge < -0.3 is 14.4 Å². The van der Waals surface area contributed by atoms with Crippen LogP contribution in [0.1, 0.15) is 16.8 Å². The molecule has 2 aliphatic rings. The number of hydrogen-bond acceptors (Lipinski definition) is 4. The Morgan fingerprint density at radius 1 is 1.47 bits per heavy atom. The number of halogens is 1. The Morgan fingerprint density at radius 3 is 2.88 bits per heavy atom. The van der Waals surface area contributed by atoms with Gasteiger partial charge in [-0.15, -0.1) is 11.3 Å². The summed E-state index contributed by atoms with van der Waals surface area (Å²) in [6, 6.07) is 1.70. The van der Waals surface area contributed by atoms with Gasteiger partial charge in [0, 0.05) is 18.3 Å². The van der Waals surface area contributed by atoms with Crippen LogP contribution in [-0.2, 0) is 9.47 Å². The van der Waals surface area contributed by atoms with E-state index < -0.39 is 5.79 Å². The molecule has 1 aromatic heterocycles. The van der Waals surface area contributed by atoms with Gasteiger partial charge >= 0.3 is 0 Å². The van der Waals surface area contributed by atoms with E-state index in [4.69, 9.17) is 21.1 Å². The molecule has 1 spiro atoms. The van der Waals surface area contributed by atoms with Gasteiger partial charge in [-0.3, -0.25) is 4.79 Å². The van der Waals surface area contributed by atoms with Gasteiger partial charge in [0.25, 0.3) is 5.91 Å². The number of carbonyl (C=O) groups is 1. The second kappa shape index (κ2) is 4.24. The number of ether oxygens (including phenoxy) is 2. The molecule has 17 heavy (non-hydrogen) atoms. The molecule has 1 amide bonds. The molecule has 0 atom stereocenters. The lowest BCUT2D eigenvalue weighted by molar-refractivity contribution is -0.143. The number of rotatable bonds is 1. The van der Waals surface area contributed by atoms with Gasteiger partial charge in [-0.25, -0.2) is 0 Å². The molecule has 0 saturated carbocycles. The van der Waals surface area contributed by atoms with E-state index in [0.717, 1.165) is 6.42 Å². The smallest absolute Gasteiger partial charge is 0.254 e. The van der Waals surface area contributed by atoms with E-state index in [1.807, 2.05) is 0 Å². The maximum absolute atomic E-state index is 12.2. The van der Waals surface area contributed by atoms with E-state index in [2.05, 4.69) is 0 Å². The number of amides is 1. The number of hydrogen-bond donors (Lipinski definition) is 0. The van der Waals surface area contributed by atoms with E-state index in [1.165, 1.54) is 11.3 Å². The molecule has 0 radical (unpaired) electrons. The van der Waals surface area contributed by atoms with Gasteiger partial charge in [0.1, 0.15) is 0 Å². The SMILES string of the molecule is O=C(c1csc(Cl)c1)N1CCC2(C1)OCCO2. The molecule has 4 nitrogen and oxygen atoms in total. The van der Waals surface area contributed by atoms with Crippen LogP contribution in [0.15, 0.2) is 11.4 Å². The summed E-state index contributed by atoms with van der Waals surface area (Å²) in [6.45, 7) is 2.42. The Balaban J connectivity index is 1.72. The topological polar surface area (TPSA) is 38.8 Å². The van der Waals surface area contributed by atoms with Gasteiger partial charge in [-0.2, -0.15) is 0 Å². The summed E-state index contributed by atoms with van der Waals surface area (Å²) in [7, 11) is 0. The van der Waals surface area contributed by atoms with Crippen molar-refractivity contribution in [3.05, 3.63) is 21.3 Å². The molecular formula is C11H12ClNO3S. The van der Waals surface area contributed by atoms with Crippen molar-refractivity contribution in [2.45, 2.75) is 12.2 Å². The lowest BCUT2D eigenvalue weighted by atomic mass is 10.2. The first-order valence-corrected chi connectivity index (χ1v) is 6.76. The summed E-state index contributed by atoms with van der Waals surface area (Å²) >= 11 is 7.20. The molecule has 0 aromatic carbocycles. The van der Waals surface area contributed by atoms with Gasteiger partial charge in [0.15, 0.2) is 5.79 Å². The standard InChI is InChI=1S/C11H12ClNO3S/c12-9-5-8(6-17-9)10(14)13-2-1-11(7-13)15-3-4-16-11/h5-6H,1-4,7H2. The molecule has 0 N–H and O–H groups in total. The van der Waals surface area contributed by atoms with E-state index in [1.54, 1.807) is 16.3 Å². The van der Waals surface area contributed by atoms with Crippen LogP contribution in [0.4, 0.5) is 0 Å². The first-order chi connectivity index (χ1) is 8.19. The molecule has 0 bridgehead atoms. The third-order valence-electron chi connectivity index (χ3n) is 3.11. The van der Waals surface area contributed by atoms with Crippen LogP contribution in [0.5, 0.6) is 0 Å². The van der Waals surface area contributed by atoms with Gasteiger partial charge in [-0.05, 0) is 6.07 Å². The zero-order chi connectivity index (χ0) is 11.9. The molecule has 3 heterocycles. The van der Waals surface area contributed by atoms with Gasteiger partial charge in [-0.1, -0.05) is 11.6 Å². The Morgan fingerprint density at radius 2 is 2.24 bits per heavy atom. The lowest BCUT2D eigenvalue weighted by Gasteiger charge is -2.22. The summed E-state index contributed by atoms with van der Waals surface area (Å²) in [6.07, 6.45) is 0.747. The molecule has 3 rings (SSSR count). The molecule has 2 fully saturated rings. The Hall–Kier alpha value is -0.620. The maximum atomic E-state index is 12.2. The highest BCUT2D eigenvalue weighted by atomic mass is 35.5. The summed E-state index contributed by atoms with van der Waals surface area (Å²) in [4.78, 5) is 13.9. The Kier molecular flexibility index (Phi) is 2.86. The largest absolute Gasteiger partial charge is 0.346 e. The van der Waals surface area contributed by atoms with Crippen molar-refractivity contribution in [3.8, 4) is 0 Å². The van der Waals surface area contributed by atoms with Crippen LogP contribution in [-0.4, -0.2) is 42.9 Å². The fraction of sp³-hybridized carbons (Fsp3) is 0.545. The molecular weight excluding hydrogens is 262 g/mol. The molecule has 2 saturated heterocycles. The summed E-state index contributed by atoms with van der Waals surface area (Å²) in [5.74, 6) is -0.542. The molecule has 2 aliphatic heterocycles. The highest BCUT2D eigenvalue weighted by Gasteiger charge is 2.44. The fourth-order valence-electron chi connectivity index (χ4n) is 2.26. The third kappa shape index (κ3) is 2.08. The number of likely N-dealkylation sites (tertiary alicyclic amines) is 1. The van der Waals surface area contributed by atoms with Crippen molar-refractivity contribution in [2.75, 3.05) is 26.3 Å². The monoisotopic (exact) mass is 273 g/mol. The normalized spacial score (nSPS) is 22.5. The zero-order valence-electron chi connectivity index (χ0n) is 9.15. The van der Waals surface area contributed by atoms with E-state index in [9.17, 15) is 4.79 Å². The minimum Gasteiger partial charge on any atom is -0.346 e. The molecule has 0 aliphatic carbocycles. The second-order valence-electron chi connectivity index (χ2n) is 4.22. The summed E-state index contributed by atoms with van der Waals surface area (Å²) < 4.78 is 11.8. The Bertz CT molecular complexity index is 442. The summed E-state index contributed by atoms with van der Waals surface area (Å²) in [5, 5.41) is 1.78. The first kappa shape index (κ1) is 11.5. The van der Waals surface area contributed by atoms with E-state index in [0.29, 0.717) is 36.2 Å². The molecule has 92 valence electrons. The fourth-order valence-corrected chi connectivity index (χ4v) is 3.12. The van der Waals surface area contributed by atoms with Gasteiger partial charge in [0.2, 0.25) is 0 Å². The molecule has 0 unspecified atom stereocenters. The van der Waals surface area contributed by atoms with Crippen molar-refractivity contribution in [2.24, 2.45) is 0 Å². The van der Waals surface area contributed by atoms with Crippen molar-refractivity contribution < 1.29 is 14.3 Å². The van der Waals surface area contributed by atoms with Crippen LogP contribution in [0.3, 0.4) is 0 Å². The van der Waals surface area contributed by atoms with Crippen LogP contribution in [0.2, 0.25) is 4.34 Å². The number of carbonyl (C=O) groups excluding carboxylic acids is 1. The zero-order valence-corrected chi connectivity index (χ0v) is 10.7. The quantitative estimate of drug-likeness (QED) is 0.785. The minimum absolute atomic E-state index is 0.00382. The van der Waals surface area contributed by atoms with E-state index >= 15 is 0 Å². The highest BCUT2D eigenvalue weighted by molar-refractivity contribution is 7.14. The molecule has 1 aromatic rings. The number of nitrogens with zero attached hydrogens (tertiary/aromatic N) is 1. The summed E-state index contributed by atoms with van der Waals surface area (Å²) in [5.41, 5.74) is 0.648. The average molecular weight is 274 g/mol. The second-order valence-corrected chi connectivity index (χ2v) is 5.77.